The van der Waals surface area contributed by atoms with Crippen molar-refractivity contribution in [2.45, 2.75) is 0 Å². The molecule has 0 unspecified atom stereocenters. The maximum absolute atomic E-state index is 4.13. The largest absolute Gasteiger partial charge is 0.192 e. The van der Waals surface area contributed by atoms with E-state index < -0.39 is 0 Å². The Kier molecular flexibility index (Phi) is 1.44. The first-order valence-corrected chi connectivity index (χ1v) is 4.26. The van der Waals surface area contributed by atoms with Gasteiger partial charge in [0.15, 0.2) is 0 Å². The fourth-order valence-electron chi connectivity index (χ4n) is 0.620. The summed E-state index contributed by atoms with van der Waals surface area (Å²) in [5, 5.41) is 5.65. The molecule has 2 aromatic heterocycles. The highest BCUT2D eigenvalue weighted by Crippen LogP contribution is 2.19. The smallest absolute Gasteiger partial charge is 0.0972 e. The minimum atomic E-state index is 0.972. The van der Waals surface area contributed by atoms with E-state index in [1.807, 2.05) is 11.4 Å². The van der Waals surface area contributed by atoms with E-state index in [4.69, 9.17) is 0 Å². The summed E-state index contributed by atoms with van der Waals surface area (Å²) < 4.78 is 7.87. The van der Waals surface area contributed by atoms with Gasteiger partial charge in [-0.1, -0.05) is 4.49 Å². The quantitative estimate of drug-likeness (QED) is 0.651. The second kappa shape index (κ2) is 2.43. The Morgan fingerprint density at radius 3 is 3.00 bits per heavy atom. The van der Waals surface area contributed by atoms with E-state index >= 15 is 0 Å². The van der Waals surface area contributed by atoms with Gasteiger partial charge in [0, 0.05) is 5.38 Å². The maximum Gasteiger partial charge on any atom is 0.0972 e. The van der Waals surface area contributed by atoms with Crippen molar-refractivity contribution in [1.29, 1.82) is 0 Å². The molecule has 0 aliphatic carbocycles. The van der Waals surface area contributed by atoms with Gasteiger partial charge >= 0.3 is 0 Å². The van der Waals surface area contributed by atoms with Gasteiger partial charge in [0.2, 0.25) is 0 Å². The van der Waals surface area contributed by atoms with Crippen LogP contribution in [0.4, 0.5) is 0 Å². The van der Waals surface area contributed by atoms with Crippen LogP contribution in [-0.2, 0) is 0 Å². The van der Waals surface area contributed by atoms with Crippen LogP contribution in [-0.4, -0.2) is 14.0 Å². The van der Waals surface area contributed by atoms with E-state index in [9.17, 15) is 0 Å². The maximum atomic E-state index is 4.13. The fourth-order valence-corrected chi connectivity index (χ4v) is 1.68. The van der Waals surface area contributed by atoms with Gasteiger partial charge in [-0.15, -0.1) is 5.10 Å². The molecule has 5 heteroatoms. The van der Waals surface area contributed by atoms with Crippen molar-refractivity contribution < 1.29 is 0 Å². The predicted octanol–water partition coefficient (Wildman–Crippen LogP) is 1.66. The van der Waals surface area contributed by atoms with E-state index in [1.165, 1.54) is 23.1 Å². The molecule has 0 atom stereocenters. The summed E-state index contributed by atoms with van der Waals surface area (Å²) in [6.07, 6.45) is 1.72. The highest BCUT2D eigenvalue weighted by atomic mass is 32.1. The molecule has 3 nitrogen and oxygen atoms in total. The van der Waals surface area contributed by atoms with Crippen molar-refractivity contribution in [2.75, 3.05) is 0 Å². The van der Waals surface area contributed by atoms with Crippen LogP contribution in [0, 0.1) is 0 Å². The van der Waals surface area contributed by atoms with E-state index in [2.05, 4.69) is 14.0 Å². The number of hydrogen-bond acceptors (Lipinski definition) is 5. The molecule has 0 saturated carbocycles. The van der Waals surface area contributed by atoms with Gasteiger partial charge in [-0.05, 0) is 29.1 Å². The molecule has 0 aliphatic heterocycles. The molecule has 0 N–H and O–H groups in total. The van der Waals surface area contributed by atoms with Crippen molar-refractivity contribution in [1.82, 2.24) is 14.0 Å². The van der Waals surface area contributed by atoms with Gasteiger partial charge in [-0.25, -0.2) is 0 Å². The minimum Gasteiger partial charge on any atom is -0.192 e. The summed E-state index contributed by atoms with van der Waals surface area (Å²) >= 11 is 2.80. The van der Waals surface area contributed by atoms with Gasteiger partial charge < -0.3 is 0 Å². The second-order valence-corrected chi connectivity index (χ2v) is 3.12. The number of aromatic nitrogens is 3. The zero-order chi connectivity index (χ0) is 6.81. The molecular formula is C5H3N3S2. The third-order valence-corrected chi connectivity index (χ3v) is 2.30. The highest BCUT2D eigenvalue weighted by Gasteiger charge is 2.00. The lowest BCUT2D eigenvalue weighted by molar-refractivity contribution is 1.16. The first-order chi connectivity index (χ1) is 4.97. The molecular weight excluding hydrogens is 166 g/mol. The minimum absolute atomic E-state index is 0.972. The van der Waals surface area contributed by atoms with Crippen molar-refractivity contribution in [3.63, 3.8) is 0 Å². The van der Waals surface area contributed by atoms with Crippen LogP contribution in [0.5, 0.6) is 0 Å². The number of nitrogens with zero attached hydrogens (tertiary/aromatic N) is 3. The summed E-state index contributed by atoms with van der Waals surface area (Å²) in [5.74, 6) is 0. The lowest BCUT2D eigenvalue weighted by Crippen LogP contribution is -1.65. The zero-order valence-corrected chi connectivity index (χ0v) is 6.52. The third-order valence-electron chi connectivity index (χ3n) is 1.05. The molecule has 0 saturated heterocycles. The Hall–Kier alpha value is -0.810. The molecule has 0 bridgehead atoms. The molecule has 0 radical (unpaired) electrons. The zero-order valence-electron chi connectivity index (χ0n) is 4.89. The second-order valence-electron chi connectivity index (χ2n) is 1.67. The van der Waals surface area contributed by atoms with Crippen molar-refractivity contribution in [2.24, 2.45) is 0 Å². The van der Waals surface area contributed by atoms with Crippen molar-refractivity contribution in [3.8, 4) is 10.6 Å². The molecule has 2 rings (SSSR count). The van der Waals surface area contributed by atoms with Gasteiger partial charge in [-0.2, -0.15) is 4.37 Å². The highest BCUT2D eigenvalue weighted by molar-refractivity contribution is 7.09. The van der Waals surface area contributed by atoms with Gasteiger partial charge in [0.05, 0.1) is 16.8 Å². The van der Waals surface area contributed by atoms with E-state index in [0.717, 1.165) is 10.6 Å². The molecule has 10 heavy (non-hydrogen) atoms. The van der Waals surface area contributed by atoms with Crippen LogP contribution < -0.4 is 0 Å². The average Bonchev–Trinajstić information content (AvgIpc) is 2.59. The Balaban J connectivity index is 2.48. The summed E-state index contributed by atoms with van der Waals surface area (Å²) in [7, 11) is 0. The summed E-state index contributed by atoms with van der Waals surface area (Å²) in [5.41, 5.74) is 0.972. The van der Waals surface area contributed by atoms with Crippen molar-refractivity contribution >= 4 is 23.1 Å². The van der Waals surface area contributed by atoms with Crippen LogP contribution in [0.25, 0.3) is 10.6 Å². The Morgan fingerprint density at radius 2 is 2.40 bits per heavy atom. The summed E-state index contributed by atoms with van der Waals surface area (Å²) in [6, 6.07) is 1.96. The first-order valence-electron chi connectivity index (χ1n) is 2.65. The van der Waals surface area contributed by atoms with Gasteiger partial charge in [0.25, 0.3) is 0 Å². The normalized spacial score (nSPS) is 10.0. The molecule has 2 aromatic rings. The fraction of sp³-hybridized carbons (Fsp3) is 0. The molecule has 2 heterocycles. The van der Waals surface area contributed by atoms with Gasteiger partial charge in [0.1, 0.15) is 0 Å². The molecule has 0 spiro atoms. The molecule has 0 amide bonds. The predicted molar refractivity (Wildman–Crippen MR) is 41.0 cm³/mol. The number of hydrogen-bond donors (Lipinski definition) is 0. The van der Waals surface area contributed by atoms with Crippen LogP contribution in [0.15, 0.2) is 17.6 Å². The summed E-state index contributed by atoms with van der Waals surface area (Å²) in [4.78, 5) is 1.03. The number of rotatable bonds is 1. The Labute approximate surface area is 65.7 Å². The van der Waals surface area contributed by atoms with E-state index in [0.29, 0.717) is 0 Å². The van der Waals surface area contributed by atoms with Crippen LogP contribution in [0.3, 0.4) is 0 Å². The monoisotopic (exact) mass is 169 g/mol. The Bertz CT molecular complexity index is 254. The summed E-state index contributed by atoms with van der Waals surface area (Å²) in [6.45, 7) is 0. The molecule has 50 valence electrons. The SMILES string of the molecule is c1cc(-c2cnns2)ns1. The molecule has 0 aliphatic rings. The van der Waals surface area contributed by atoms with Crippen molar-refractivity contribution in [3.05, 3.63) is 17.6 Å². The third kappa shape index (κ3) is 0.932. The van der Waals surface area contributed by atoms with Gasteiger partial charge in [-0.3, -0.25) is 0 Å². The molecule has 0 aromatic carbocycles. The lowest BCUT2D eigenvalue weighted by Gasteiger charge is -1.80. The first kappa shape index (κ1) is 5.94. The van der Waals surface area contributed by atoms with Crippen LogP contribution in [0.1, 0.15) is 0 Å². The average molecular weight is 169 g/mol. The topological polar surface area (TPSA) is 38.7 Å². The lowest BCUT2D eigenvalue weighted by atomic mass is 10.4. The molecule has 0 fully saturated rings. The van der Waals surface area contributed by atoms with E-state index in [1.54, 1.807) is 6.20 Å². The standard InChI is InChI=1S/C5H3N3S2/c1-2-9-7-4(1)5-3-6-8-10-5/h1-3H. The Morgan fingerprint density at radius 1 is 1.40 bits per heavy atom. The van der Waals surface area contributed by atoms with E-state index in [-0.39, 0.29) is 0 Å². The van der Waals surface area contributed by atoms with Crippen LogP contribution in [0.2, 0.25) is 0 Å². The van der Waals surface area contributed by atoms with Crippen LogP contribution >= 0.6 is 23.1 Å².